The van der Waals surface area contributed by atoms with Crippen LogP contribution in [0.1, 0.15) is 42.0 Å². The van der Waals surface area contributed by atoms with Crippen molar-refractivity contribution in [1.82, 2.24) is 19.9 Å². The van der Waals surface area contributed by atoms with E-state index >= 15 is 0 Å². The Morgan fingerprint density at radius 3 is 2.32 bits per heavy atom. The van der Waals surface area contributed by atoms with Crippen molar-refractivity contribution in [3.8, 4) is 0 Å². The second-order valence-corrected chi connectivity index (χ2v) is 11.0. The van der Waals surface area contributed by atoms with Crippen LogP contribution < -0.4 is 10.6 Å². The quantitative estimate of drug-likeness (QED) is 0.432. The molecule has 0 saturated carbocycles. The molecule has 1 aliphatic rings. The highest BCUT2D eigenvalue weighted by molar-refractivity contribution is 7.88. The van der Waals surface area contributed by atoms with E-state index in [1.165, 1.54) is 48.5 Å². The smallest absolute Gasteiger partial charge is 0.247 e. The number of hydrogen-bond donors (Lipinski definition) is 2. The Balaban J connectivity index is 1.53. The van der Waals surface area contributed by atoms with Crippen molar-refractivity contribution in [2.45, 2.75) is 43.6 Å². The number of benzene rings is 2. The second kappa shape index (κ2) is 12.2. The zero-order valence-corrected chi connectivity index (χ0v) is 21.3. The first-order valence-corrected chi connectivity index (χ1v) is 13.8. The maximum atomic E-state index is 13.6. The van der Waals surface area contributed by atoms with E-state index in [2.05, 4.69) is 15.6 Å². The molecular weight excluding hydrogens is 514 g/mol. The monoisotopic (exact) mass is 542 g/mol. The number of amides is 2. The van der Waals surface area contributed by atoms with Gasteiger partial charge in [-0.15, -0.1) is 0 Å². The molecule has 2 atom stereocenters. The molecule has 8 nitrogen and oxygen atoms in total. The van der Waals surface area contributed by atoms with Crippen LogP contribution in [0.5, 0.6) is 0 Å². The largest absolute Gasteiger partial charge is 0.350 e. The Labute approximate surface area is 220 Å². The molecule has 2 amide bonds. The molecule has 0 bridgehead atoms. The van der Waals surface area contributed by atoms with Crippen LogP contribution in [0.15, 0.2) is 73.1 Å². The fraction of sp³-hybridized carbons (Fsp3) is 0.296. The van der Waals surface area contributed by atoms with Gasteiger partial charge in [-0.1, -0.05) is 36.8 Å². The third-order valence-corrected chi connectivity index (χ3v) is 8.17. The fourth-order valence-electron chi connectivity index (χ4n) is 4.36. The molecule has 4 rings (SSSR count). The van der Waals surface area contributed by atoms with Crippen molar-refractivity contribution in [2.24, 2.45) is 0 Å². The van der Waals surface area contributed by atoms with E-state index in [0.29, 0.717) is 24.0 Å². The number of hydrogen-bond acceptors (Lipinski definition) is 5. The molecule has 3 aromatic rings. The molecule has 0 spiro atoms. The number of rotatable bonds is 9. The lowest BCUT2D eigenvalue weighted by atomic mass is 10.0. The van der Waals surface area contributed by atoms with Crippen molar-refractivity contribution in [1.29, 1.82) is 0 Å². The lowest BCUT2D eigenvalue weighted by Crippen LogP contribution is -2.54. The zero-order valence-electron chi connectivity index (χ0n) is 20.5. The van der Waals surface area contributed by atoms with Crippen molar-refractivity contribution in [3.63, 3.8) is 0 Å². The van der Waals surface area contributed by atoms with E-state index < -0.39 is 45.6 Å². The average Bonchev–Trinajstić information content (AvgIpc) is 2.92. The minimum atomic E-state index is -3.92. The number of sulfonamides is 1. The number of carbonyl (C=O) groups is 2. The van der Waals surface area contributed by atoms with Gasteiger partial charge in [0.15, 0.2) is 0 Å². The number of piperidine rings is 1. The van der Waals surface area contributed by atoms with Crippen LogP contribution in [0.2, 0.25) is 0 Å². The molecule has 2 heterocycles. The summed E-state index contributed by atoms with van der Waals surface area (Å²) in [5.74, 6) is -2.53. The average molecular weight is 543 g/mol. The van der Waals surface area contributed by atoms with Crippen LogP contribution >= 0.6 is 0 Å². The Bertz CT molecular complexity index is 1350. The SMILES string of the molecule is O=C(NCc1cccnc1)[C@@H](NC(=O)[C@@H]1CCCCN1S(=O)(=O)Cc1ccc(F)cc1)c1ccc(F)cc1. The predicted octanol–water partition coefficient (Wildman–Crippen LogP) is 3.22. The summed E-state index contributed by atoms with van der Waals surface area (Å²) in [6.07, 6.45) is 4.70. The zero-order chi connectivity index (χ0) is 27.1. The van der Waals surface area contributed by atoms with Crippen molar-refractivity contribution in [2.75, 3.05) is 6.54 Å². The van der Waals surface area contributed by atoms with Gasteiger partial charge in [0, 0.05) is 25.5 Å². The molecule has 2 N–H and O–H groups in total. The predicted molar refractivity (Wildman–Crippen MR) is 137 cm³/mol. The van der Waals surface area contributed by atoms with Crippen LogP contribution in [-0.4, -0.2) is 42.1 Å². The first-order valence-electron chi connectivity index (χ1n) is 12.2. The van der Waals surface area contributed by atoms with Crippen molar-refractivity contribution >= 4 is 21.8 Å². The van der Waals surface area contributed by atoms with Gasteiger partial charge in [-0.3, -0.25) is 14.6 Å². The van der Waals surface area contributed by atoms with Crippen LogP contribution in [-0.2, 0) is 31.9 Å². The third kappa shape index (κ3) is 6.99. The van der Waals surface area contributed by atoms with Gasteiger partial charge in [0.25, 0.3) is 0 Å². The van der Waals surface area contributed by atoms with Crippen LogP contribution in [0.3, 0.4) is 0 Å². The van der Waals surface area contributed by atoms with E-state index in [9.17, 15) is 26.8 Å². The van der Waals surface area contributed by atoms with Crippen LogP contribution in [0.25, 0.3) is 0 Å². The van der Waals surface area contributed by atoms with Crippen LogP contribution in [0, 0.1) is 11.6 Å². The first kappa shape index (κ1) is 27.3. The fourth-order valence-corrected chi connectivity index (χ4v) is 6.14. The number of halogens is 2. The standard InChI is InChI=1S/C27H28F2N4O4S/c28-22-10-6-19(7-11-22)18-38(36,37)33-15-2-1-5-24(33)26(34)32-25(21-8-12-23(29)13-9-21)27(35)31-17-20-4-3-14-30-16-20/h3-4,6-14,16,24-25H,1-2,5,15,17-18H2,(H,31,35)(H,32,34)/t24-,25-/m0/s1. The second-order valence-electron chi connectivity index (χ2n) is 9.08. The third-order valence-electron chi connectivity index (χ3n) is 6.32. The topological polar surface area (TPSA) is 108 Å². The van der Waals surface area contributed by atoms with Gasteiger partial charge in [0.05, 0.1) is 5.75 Å². The number of nitrogens with one attached hydrogen (secondary N) is 2. The Morgan fingerprint density at radius 1 is 0.974 bits per heavy atom. The molecule has 0 unspecified atom stereocenters. The Hall–Kier alpha value is -3.70. The summed E-state index contributed by atoms with van der Waals surface area (Å²) in [4.78, 5) is 30.6. The molecule has 0 aliphatic carbocycles. The molecule has 38 heavy (non-hydrogen) atoms. The molecule has 0 radical (unpaired) electrons. The van der Waals surface area contributed by atoms with Gasteiger partial charge in [0.2, 0.25) is 21.8 Å². The molecule has 11 heteroatoms. The number of pyridine rings is 1. The lowest BCUT2D eigenvalue weighted by Gasteiger charge is -2.34. The maximum absolute atomic E-state index is 13.6. The highest BCUT2D eigenvalue weighted by Gasteiger charge is 2.38. The van der Waals surface area contributed by atoms with Gasteiger partial charge in [-0.05, 0) is 59.9 Å². The summed E-state index contributed by atoms with van der Waals surface area (Å²) >= 11 is 0. The highest BCUT2D eigenvalue weighted by atomic mass is 32.2. The van der Waals surface area contributed by atoms with E-state index in [4.69, 9.17) is 0 Å². The molecule has 1 aliphatic heterocycles. The van der Waals surface area contributed by atoms with Gasteiger partial charge >= 0.3 is 0 Å². The van der Waals surface area contributed by atoms with Gasteiger partial charge in [-0.2, -0.15) is 4.31 Å². The molecule has 1 fully saturated rings. The molecular formula is C27H28F2N4O4S. The minimum absolute atomic E-state index is 0.149. The van der Waals surface area contributed by atoms with Gasteiger partial charge < -0.3 is 10.6 Å². The number of aromatic nitrogens is 1. The summed E-state index contributed by atoms with van der Waals surface area (Å²) in [5.41, 5.74) is 1.49. The van der Waals surface area contributed by atoms with E-state index in [1.807, 2.05) is 0 Å². The van der Waals surface area contributed by atoms with Crippen LogP contribution in [0.4, 0.5) is 8.78 Å². The molecule has 2 aromatic carbocycles. The van der Waals surface area contributed by atoms with E-state index in [-0.39, 0.29) is 25.3 Å². The summed E-state index contributed by atoms with van der Waals surface area (Å²) in [6.45, 7) is 0.303. The number of carbonyl (C=O) groups excluding carboxylic acids is 2. The Kier molecular flexibility index (Phi) is 8.80. The highest BCUT2D eigenvalue weighted by Crippen LogP contribution is 2.25. The summed E-state index contributed by atoms with van der Waals surface area (Å²) in [6, 6.07) is 11.6. The summed E-state index contributed by atoms with van der Waals surface area (Å²) in [7, 11) is -3.92. The number of nitrogens with zero attached hydrogens (tertiary/aromatic N) is 2. The van der Waals surface area contributed by atoms with Gasteiger partial charge in [0.1, 0.15) is 23.7 Å². The molecule has 1 aromatic heterocycles. The van der Waals surface area contributed by atoms with E-state index in [1.54, 1.807) is 24.5 Å². The normalized spacial score (nSPS) is 16.9. The Morgan fingerprint density at radius 2 is 1.66 bits per heavy atom. The molecule has 1 saturated heterocycles. The minimum Gasteiger partial charge on any atom is -0.350 e. The van der Waals surface area contributed by atoms with Gasteiger partial charge in [-0.25, -0.2) is 17.2 Å². The first-order chi connectivity index (χ1) is 18.2. The summed E-state index contributed by atoms with van der Waals surface area (Å²) < 4.78 is 54.5. The van der Waals surface area contributed by atoms with E-state index in [0.717, 1.165) is 9.87 Å². The molecule has 200 valence electrons. The van der Waals surface area contributed by atoms with Crippen molar-refractivity contribution < 1.29 is 26.8 Å². The van der Waals surface area contributed by atoms with Crippen molar-refractivity contribution in [3.05, 3.63) is 101 Å². The maximum Gasteiger partial charge on any atom is 0.247 e. The summed E-state index contributed by atoms with van der Waals surface area (Å²) in [5, 5.41) is 5.44. The lowest BCUT2D eigenvalue weighted by molar-refractivity contribution is -0.131.